The van der Waals surface area contributed by atoms with Crippen LogP contribution in [-0.2, 0) is 4.79 Å². The Balaban J connectivity index is 2.83. The van der Waals surface area contributed by atoms with Crippen molar-refractivity contribution in [2.75, 3.05) is 12.8 Å². The van der Waals surface area contributed by atoms with E-state index >= 15 is 0 Å². The fraction of sp³-hybridized carbons (Fsp3) is 0.300. The molecule has 0 saturated heterocycles. The van der Waals surface area contributed by atoms with E-state index in [-0.39, 0.29) is 17.3 Å². The fourth-order valence-electron chi connectivity index (χ4n) is 1.19. The maximum absolute atomic E-state index is 11.8. The summed E-state index contributed by atoms with van der Waals surface area (Å²) in [4.78, 5) is 26.9. The zero-order chi connectivity index (χ0) is 13.0. The number of amides is 2. The first kappa shape index (κ1) is 13.4. The van der Waals surface area contributed by atoms with Gasteiger partial charge in [0.2, 0.25) is 5.91 Å². The van der Waals surface area contributed by atoms with Crippen LogP contribution in [0.2, 0.25) is 0 Å². The number of nitrogen functional groups attached to an aromatic ring is 1. The van der Waals surface area contributed by atoms with Crippen molar-refractivity contribution in [2.24, 2.45) is 0 Å². The summed E-state index contributed by atoms with van der Waals surface area (Å²) >= 11 is 3.20. The predicted molar refractivity (Wildman–Crippen MR) is 67.3 cm³/mol. The van der Waals surface area contributed by atoms with Crippen molar-refractivity contribution in [2.45, 2.75) is 13.0 Å². The summed E-state index contributed by atoms with van der Waals surface area (Å²) in [6, 6.07) is 0.916. The van der Waals surface area contributed by atoms with Crippen LogP contribution in [0, 0.1) is 0 Å². The summed E-state index contributed by atoms with van der Waals surface area (Å²) in [6.45, 7) is 1.58. The number of carbonyl (C=O) groups is 2. The predicted octanol–water partition coefficient (Wildman–Crippen LogP) is 0.291. The van der Waals surface area contributed by atoms with E-state index in [1.807, 2.05) is 0 Å². The van der Waals surface area contributed by atoms with Gasteiger partial charge in [-0.05, 0) is 28.9 Å². The van der Waals surface area contributed by atoms with Crippen LogP contribution in [-0.4, -0.2) is 29.9 Å². The number of rotatable bonds is 3. The normalized spacial score (nSPS) is 11.7. The van der Waals surface area contributed by atoms with Gasteiger partial charge in [0.05, 0.1) is 5.56 Å². The van der Waals surface area contributed by atoms with Crippen LogP contribution >= 0.6 is 15.9 Å². The van der Waals surface area contributed by atoms with E-state index in [0.717, 1.165) is 0 Å². The van der Waals surface area contributed by atoms with E-state index in [1.54, 1.807) is 13.0 Å². The highest BCUT2D eigenvalue weighted by Gasteiger charge is 2.17. The standard InChI is InChI=1S/C10H13BrN4O2/c1-5(9(16)13-2)15-10(17)7-3-6(11)4-14-8(7)12/h3-5H,1-2H3,(H2,12,14)(H,13,16)(H,15,17). The number of nitrogens with zero attached hydrogens (tertiary/aromatic N) is 1. The molecule has 4 N–H and O–H groups in total. The molecule has 1 rings (SSSR count). The van der Waals surface area contributed by atoms with Crippen LogP contribution in [0.4, 0.5) is 5.82 Å². The van der Waals surface area contributed by atoms with E-state index < -0.39 is 11.9 Å². The first-order chi connectivity index (χ1) is 7.95. The number of halogens is 1. The van der Waals surface area contributed by atoms with Crippen molar-refractivity contribution in [3.8, 4) is 0 Å². The Morgan fingerprint density at radius 3 is 2.76 bits per heavy atom. The summed E-state index contributed by atoms with van der Waals surface area (Å²) < 4.78 is 0.643. The maximum atomic E-state index is 11.8. The monoisotopic (exact) mass is 300 g/mol. The minimum absolute atomic E-state index is 0.120. The lowest BCUT2D eigenvalue weighted by molar-refractivity contribution is -0.122. The third-order valence-electron chi connectivity index (χ3n) is 2.12. The second kappa shape index (κ2) is 5.62. The van der Waals surface area contributed by atoms with E-state index in [2.05, 4.69) is 31.5 Å². The van der Waals surface area contributed by atoms with Gasteiger partial charge in [-0.3, -0.25) is 9.59 Å². The highest BCUT2D eigenvalue weighted by atomic mass is 79.9. The molecule has 0 aliphatic rings. The van der Waals surface area contributed by atoms with Crippen molar-refractivity contribution in [3.05, 3.63) is 22.3 Å². The van der Waals surface area contributed by atoms with E-state index in [1.165, 1.54) is 13.2 Å². The maximum Gasteiger partial charge on any atom is 0.255 e. The number of anilines is 1. The number of likely N-dealkylation sites (N-methyl/N-ethyl adjacent to an activating group) is 1. The van der Waals surface area contributed by atoms with Crippen LogP contribution in [0.25, 0.3) is 0 Å². The lowest BCUT2D eigenvalue weighted by Crippen LogP contribution is -2.43. The van der Waals surface area contributed by atoms with Gasteiger partial charge in [0, 0.05) is 17.7 Å². The molecule has 0 bridgehead atoms. The molecule has 2 amide bonds. The molecule has 6 nitrogen and oxygen atoms in total. The first-order valence-electron chi connectivity index (χ1n) is 4.89. The van der Waals surface area contributed by atoms with Crippen LogP contribution in [0.5, 0.6) is 0 Å². The smallest absolute Gasteiger partial charge is 0.255 e. The van der Waals surface area contributed by atoms with Gasteiger partial charge in [-0.2, -0.15) is 0 Å². The third-order valence-corrected chi connectivity index (χ3v) is 2.55. The van der Waals surface area contributed by atoms with Crippen molar-refractivity contribution in [1.29, 1.82) is 0 Å². The molecule has 1 unspecified atom stereocenters. The average Bonchev–Trinajstić information content (AvgIpc) is 2.30. The van der Waals surface area contributed by atoms with Crippen molar-refractivity contribution < 1.29 is 9.59 Å². The molecule has 92 valence electrons. The summed E-state index contributed by atoms with van der Waals surface area (Å²) in [7, 11) is 1.50. The zero-order valence-corrected chi connectivity index (χ0v) is 11.0. The van der Waals surface area contributed by atoms with Crippen LogP contribution < -0.4 is 16.4 Å². The van der Waals surface area contributed by atoms with Crippen LogP contribution in [0.3, 0.4) is 0 Å². The number of hydrogen-bond acceptors (Lipinski definition) is 4. The molecule has 17 heavy (non-hydrogen) atoms. The second-order valence-electron chi connectivity index (χ2n) is 3.40. The SMILES string of the molecule is CNC(=O)C(C)NC(=O)c1cc(Br)cnc1N. The number of carbonyl (C=O) groups excluding carboxylic acids is 2. The minimum Gasteiger partial charge on any atom is -0.383 e. The van der Waals surface area contributed by atoms with Gasteiger partial charge in [0.1, 0.15) is 11.9 Å². The molecule has 1 atom stereocenters. The van der Waals surface area contributed by atoms with Gasteiger partial charge in [-0.1, -0.05) is 0 Å². The number of nitrogens with two attached hydrogens (primary N) is 1. The second-order valence-corrected chi connectivity index (χ2v) is 4.31. The highest BCUT2D eigenvalue weighted by molar-refractivity contribution is 9.10. The largest absolute Gasteiger partial charge is 0.383 e. The molecule has 0 aromatic carbocycles. The first-order valence-corrected chi connectivity index (χ1v) is 5.68. The molecular weight excluding hydrogens is 288 g/mol. The summed E-state index contributed by atoms with van der Waals surface area (Å²) in [5.74, 6) is -0.595. The average molecular weight is 301 g/mol. The zero-order valence-electron chi connectivity index (χ0n) is 9.45. The molecule has 1 aromatic heterocycles. The van der Waals surface area contributed by atoms with Gasteiger partial charge in [0.15, 0.2) is 0 Å². The van der Waals surface area contributed by atoms with Gasteiger partial charge in [-0.25, -0.2) is 4.98 Å². The lowest BCUT2D eigenvalue weighted by atomic mass is 10.2. The number of pyridine rings is 1. The molecule has 1 aromatic rings. The third kappa shape index (κ3) is 3.42. The Labute approximate surface area is 107 Å². The molecule has 0 aliphatic heterocycles. The molecule has 0 radical (unpaired) electrons. The molecule has 0 saturated carbocycles. The molecule has 1 heterocycles. The highest BCUT2D eigenvalue weighted by Crippen LogP contribution is 2.15. The molecule has 0 fully saturated rings. The molecule has 0 spiro atoms. The molecule has 0 aliphatic carbocycles. The Morgan fingerprint density at radius 1 is 1.53 bits per heavy atom. The number of aromatic nitrogens is 1. The quantitative estimate of drug-likeness (QED) is 0.747. The molecule has 7 heteroatoms. The van der Waals surface area contributed by atoms with E-state index in [4.69, 9.17) is 5.73 Å². The Hall–Kier alpha value is -1.63. The Bertz CT molecular complexity index is 450. The summed E-state index contributed by atoms with van der Waals surface area (Å²) in [5.41, 5.74) is 5.81. The van der Waals surface area contributed by atoms with E-state index in [0.29, 0.717) is 4.47 Å². The van der Waals surface area contributed by atoms with E-state index in [9.17, 15) is 9.59 Å². The summed E-state index contributed by atoms with van der Waals surface area (Å²) in [5, 5.41) is 4.96. The van der Waals surface area contributed by atoms with Crippen molar-refractivity contribution in [1.82, 2.24) is 15.6 Å². The van der Waals surface area contributed by atoms with Gasteiger partial charge in [-0.15, -0.1) is 0 Å². The number of hydrogen-bond donors (Lipinski definition) is 3. The van der Waals surface area contributed by atoms with Gasteiger partial charge >= 0.3 is 0 Å². The lowest BCUT2D eigenvalue weighted by Gasteiger charge is -2.13. The minimum atomic E-state index is -0.633. The Kier molecular flexibility index (Phi) is 4.45. The molecular formula is C10H13BrN4O2. The van der Waals surface area contributed by atoms with Crippen molar-refractivity contribution in [3.63, 3.8) is 0 Å². The van der Waals surface area contributed by atoms with Crippen molar-refractivity contribution >= 4 is 33.6 Å². The van der Waals surface area contributed by atoms with Gasteiger partial charge in [0.25, 0.3) is 5.91 Å². The number of nitrogens with one attached hydrogen (secondary N) is 2. The van der Waals surface area contributed by atoms with Gasteiger partial charge < -0.3 is 16.4 Å². The summed E-state index contributed by atoms with van der Waals surface area (Å²) in [6.07, 6.45) is 1.49. The topological polar surface area (TPSA) is 97.1 Å². The van der Waals surface area contributed by atoms with Crippen LogP contribution in [0.15, 0.2) is 16.7 Å². The Morgan fingerprint density at radius 2 is 2.18 bits per heavy atom. The fourth-order valence-corrected chi connectivity index (χ4v) is 1.52. The van der Waals surface area contributed by atoms with Crippen LogP contribution in [0.1, 0.15) is 17.3 Å².